The predicted molar refractivity (Wildman–Crippen MR) is 81.0 cm³/mol. The summed E-state index contributed by atoms with van der Waals surface area (Å²) < 4.78 is 24.3. The van der Waals surface area contributed by atoms with Crippen molar-refractivity contribution in [3.05, 3.63) is 41.9 Å². The Morgan fingerprint density at radius 2 is 2.30 bits per heavy atom. The van der Waals surface area contributed by atoms with Crippen LogP contribution in [0.25, 0.3) is 11.3 Å². The quantitative estimate of drug-likeness (QED) is 0.873. The van der Waals surface area contributed by atoms with E-state index in [1.165, 1.54) is 6.07 Å². The second-order valence-electron chi connectivity index (χ2n) is 5.34. The van der Waals surface area contributed by atoms with Gasteiger partial charge in [-0.1, -0.05) is 17.3 Å². The Balaban J connectivity index is 1.53. The summed E-state index contributed by atoms with van der Waals surface area (Å²) in [5.41, 5.74) is 0.780. The lowest BCUT2D eigenvalue weighted by atomic mass is 10.1. The summed E-state index contributed by atoms with van der Waals surface area (Å²) in [6, 6.07) is 7.96. The Kier molecular flexibility index (Phi) is 4.99. The zero-order valence-corrected chi connectivity index (χ0v) is 12.5. The Labute approximate surface area is 133 Å². The summed E-state index contributed by atoms with van der Waals surface area (Å²) >= 11 is 0. The molecule has 2 aromatic rings. The van der Waals surface area contributed by atoms with E-state index in [4.69, 9.17) is 9.26 Å². The molecule has 0 spiro atoms. The van der Waals surface area contributed by atoms with E-state index in [-0.39, 0.29) is 24.4 Å². The summed E-state index contributed by atoms with van der Waals surface area (Å²) in [5.74, 6) is -0.0137. The summed E-state index contributed by atoms with van der Waals surface area (Å²) in [6.45, 7) is 2.31. The number of carbonyl (C=O) groups is 1. The first-order valence-corrected chi connectivity index (χ1v) is 7.52. The van der Waals surface area contributed by atoms with Crippen LogP contribution in [-0.4, -0.2) is 36.9 Å². The fraction of sp³-hybridized carbons (Fsp3) is 0.375. The molecule has 1 aliphatic rings. The van der Waals surface area contributed by atoms with Gasteiger partial charge in [0, 0.05) is 24.7 Å². The second kappa shape index (κ2) is 7.34. The fourth-order valence-electron chi connectivity index (χ4n) is 2.41. The molecule has 1 aliphatic heterocycles. The first kappa shape index (κ1) is 15.6. The maximum atomic E-state index is 13.7. The van der Waals surface area contributed by atoms with Crippen LogP contribution in [0.3, 0.4) is 0 Å². The van der Waals surface area contributed by atoms with Gasteiger partial charge in [0.25, 0.3) is 0 Å². The second-order valence-corrected chi connectivity index (χ2v) is 5.34. The number of hydrogen-bond donors (Lipinski definition) is 2. The van der Waals surface area contributed by atoms with E-state index in [1.807, 2.05) is 0 Å². The molecular weight excluding hydrogens is 301 g/mol. The molecule has 1 atom stereocenters. The highest BCUT2D eigenvalue weighted by molar-refractivity contribution is 5.76. The Hall–Kier alpha value is -2.25. The van der Waals surface area contributed by atoms with Crippen LogP contribution in [0.5, 0.6) is 0 Å². The first-order chi connectivity index (χ1) is 11.2. The molecule has 23 heavy (non-hydrogen) atoms. The highest BCUT2D eigenvalue weighted by Crippen LogP contribution is 2.21. The average molecular weight is 319 g/mol. The minimum absolute atomic E-state index is 0.104. The van der Waals surface area contributed by atoms with E-state index in [0.29, 0.717) is 36.6 Å². The monoisotopic (exact) mass is 319 g/mol. The van der Waals surface area contributed by atoms with Crippen LogP contribution in [0.1, 0.15) is 12.2 Å². The van der Waals surface area contributed by atoms with Crippen molar-refractivity contribution in [2.45, 2.75) is 19.1 Å². The van der Waals surface area contributed by atoms with Gasteiger partial charge in [-0.05, 0) is 12.1 Å². The van der Waals surface area contributed by atoms with Gasteiger partial charge in [-0.25, -0.2) is 4.39 Å². The number of aromatic nitrogens is 1. The van der Waals surface area contributed by atoms with Crippen molar-refractivity contribution in [3.63, 3.8) is 0 Å². The molecule has 0 bridgehead atoms. The maximum Gasteiger partial charge on any atom is 0.223 e. The number of morpholine rings is 1. The number of halogens is 1. The van der Waals surface area contributed by atoms with Crippen LogP contribution in [0, 0.1) is 5.82 Å². The van der Waals surface area contributed by atoms with Gasteiger partial charge in [0.05, 0.1) is 25.7 Å². The molecule has 1 aromatic carbocycles. The number of rotatable bonds is 5. The number of nitrogens with zero attached hydrogens (tertiary/aromatic N) is 1. The van der Waals surface area contributed by atoms with E-state index >= 15 is 0 Å². The molecule has 1 saturated heterocycles. The lowest BCUT2D eigenvalue weighted by Gasteiger charge is -2.22. The Morgan fingerprint density at radius 1 is 1.43 bits per heavy atom. The number of carbonyl (C=O) groups excluding carboxylic acids is 1. The molecular formula is C16H18FN3O3. The SMILES string of the molecule is O=C(C[C@@H]1CNCCO1)NCc1cc(-c2ccccc2F)no1. The van der Waals surface area contributed by atoms with Gasteiger partial charge in [0.1, 0.15) is 11.5 Å². The van der Waals surface area contributed by atoms with Crippen molar-refractivity contribution in [1.29, 1.82) is 0 Å². The zero-order chi connectivity index (χ0) is 16.1. The molecule has 1 fully saturated rings. The molecule has 0 radical (unpaired) electrons. The Morgan fingerprint density at radius 3 is 3.09 bits per heavy atom. The van der Waals surface area contributed by atoms with Crippen LogP contribution in [-0.2, 0) is 16.1 Å². The van der Waals surface area contributed by atoms with Gasteiger partial charge >= 0.3 is 0 Å². The smallest absolute Gasteiger partial charge is 0.223 e. The summed E-state index contributed by atoms with van der Waals surface area (Å²) in [5, 5.41) is 9.76. The number of hydrogen-bond acceptors (Lipinski definition) is 5. The minimum atomic E-state index is -0.363. The fourth-order valence-corrected chi connectivity index (χ4v) is 2.41. The molecule has 0 aliphatic carbocycles. The Bertz CT molecular complexity index is 668. The van der Waals surface area contributed by atoms with Crippen LogP contribution >= 0.6 is 0 Å². The summed E-state index contributed by atoms with van der Waals surface area (Å²) in [6.07, 6.45) is 0.189. The molecule has 0 unspecified atom stereocenters. The van der Waals surface area contributed by atoms with Gasteiger partial charge in [0.15, 0.2) is 5.76 Å². The van der Waals surface area contributed by atoms with Gasteiger partial charge in [-0.2, -0.15) is 0 Å². The normalized spacial score (nSPS) is 17.9. The van der Waals surface area contributed by atoms with Gasteiger partial charge in [-0.15, -0.1) is 0 Å². The van der Waals surface area contributed by atoms with E-state index in [2.05, 4.69) is 15.8 Å². The molecule has 1 aromatic heterocycles. The molecule has 0 saturated carbocycles. The lowest BCUT2D eigenvalue weighted by molar-refractivity contribution is -0.124. The van der Waals surface area contributed by atoms with E-state index in [0.717, 1.165) is 6.54 Å². The molecule has 7 heteroatoms. The number of benzene rings is 1. The van der Waals surface area contributed by atoms with Crippen molar-refractivity contribution in [2.24, 2.45) is 0 Å². The molecule has 122 valence electrons. The maximum absolute atomic E-state index is 13.7. The van der Waals surface area contributed by atoms with Crippen molar-refractivity contribution in [1.82, 2.24) is 15.8 Å². The van der Waals surface area contributed by atoms with Gasteiger partial charge < -0.3 is 19.9 Å². The largest absolute Gasteiger partial charge is 0.375 e. The van der Waals surface area contributed by atoms with Crippen molar-refractivity contribution < 1.29 is 18.4 Å². The zero-order valence-electron chi connectivity index (χ0n) is 12.5. The first-order valence-electron chi connectivity index (χ1n) is 7.52. The lowest BCUT2D eigenvalue weighted by Crippen LogP contribution is -2.41. The predicted octanol–water partition coefficient (Wildman–Crippen LogP) is 1.48. The van der Waals surface area contributed by atoms with Crippen LogP contribution in [0.4, 0.5) is 4.39 Å². The van der Waals surface area contributed by atoms with Crippen LogP contribution in [0.2, 0.25) is 0 Å². The van der Waals surface area contributed by atoms with Gasteiger partial charge in [0.2, 0.25) is 5.91 Å². The summed E-state index contributed by atoms with van der Waals surface area (Å²) in [7, 11) is 0. The summed E-state index contributed by atoms with van der Waals surface area (Å²) in [4.78, 5) is 11.9. The molecule has 6 nitrogen and oxygen atoms in total. The van der Waals surface area contributed by atoms with Crippen LogP contribution in [0.15, 0.2) is 34.9 Å². The third-order valence-corrected chi connectivity index (χ3v) is 3.59. The van der Waals surface area contributed by atoms with E-state index < -0.39 is 0 Å². The van der Waals surface area contributed by atoms with E-state index in [9.17, 15) is 9.18 Å². The third-order valence-electron chi connectivity index (χ3n) is 3.59. The van der Waals surface area contributed by atoms with Gasteiger partial charge in [-0.3, -0.25) is 4.79 Å². The topological polar surface area (TPSA) is 76.4 Å². The number of nitrogens with one attached hydrogen (secondary N) is 2. The molecule has 1 amide bonds. The third kappa shape index (κ3) is 4.14. The molecule has 2 heterocycles. The van der Waals surface area contributed by atoms with E-state index in [1.54, 1.807) is 24.3 Å². The minimum Gasteiger partial charge on any atom is -0.375 e. The highest BCUT2D eigenvalue weighted by atomic mass is 19.1. The number of ether oxygens (including phenoxy) is 1. The van der Waals surface area contributed by atoms with Crippen molar-refractivity contribution in [3.8, 4) is 11.3 Å². The average Bonchev–Trinajstić information content (AvgIpc) is 3.03. The standard InChI is InChI=1S/C16H18FN3O3/c17-14-4-2-1-3-13(14)15-7-12(23-20-15)10-19-16(21)8-11-9-18-5-6-22-11/h1-4,7,11,18H,5-6,8-10H2,(H,19,21)/t11-/m1/s1. The van der Waals surface area contributed by atoms with Crippen molar-refractivity contribution in [2.75, 3.05) is 19.7 Å². The number of amides is 1. The van der Waals surface area contributed by atoms with Crippen molar-refractivity contribution >= 4 is 5.91 Å². The highest BCUT2D eigenvalue weighted by Gasteiger charge is 2.17. The molecule has 3 rings (SSSR count). The van der Waals surface area contributed by atoms with Crippen LogP contribution < -0.4 is 10.6 Å². The molecule has 2 N–H and O–H groups in total.